The normalized spacial score (nSPS) is 25.4. The number of fused-ring (bicyclic) bond motifs is 4. The van der Waals surface area contributed by atoms with Crippen LogP contribution in [-0.2, 0) is 22.6 Å². The molecule has 0 unspecified atom stereocenters. The maximum absolute atomic E-state index is 13.1. The Labute approximate surface area is 217 Å². The molecule has 1 amide bonds. The molecule has 37 heavy (non-hydrogen) atoms. The van der Waals surface area contributed by atoms with Gasteiger partial charge in [0.25, 0.3) is 5.56 Å². The molecule has 1 aromatic carbocycles. The lowest BCUT2D eigenvalue weighted by Crippen LogP contribution is -2.49. The van der Waals surface area contributed by atoms with Crippen LogP contribution in [0.3, 0.4) is 0 Å². The van der Waals surface area contributed by atoms with Crippen LogP contribution < -0.4 is 10.3 Å². The highest BCUT2D eigenvalue weighted by molar-refractivity contribution is 5.79. The zero-order valence-electron chi connectivity index (χ0n) is 21.6. The minimum atomic E-state index is -0.762. The van der Waals surface area contributed by atoms with Crippen molar-refractivity contribution in [2.45, 2.75) is 44.6 Å². The van der Waals surface area contributed by atoms with E-state index in [9.17, 15) is 19.5 Å². The van der Waals surface area contributed by atoms with E-state index in [-0.39, 0.29) is 29.7 Å². The van der Waals surface area contributed by atoms with Crippen LogP contribution in [0.25, 0.3) is 0 Å². The largest absolute Gasteiger partial charge is 0.497 e. The van der Waals surface area contributed by atoms with Gasteiger partial charge in [-0.2, -0.15) is 0 Å². The van der Waals surface area contributed by atoms with Crippen molar-refractivity contribution in [2.24, 2.45) is 17.8 Å². The Kier molecular flexibility index (Phi) is 7.65. The average Bonchev–Trinajstić information content (AvgIpc) is 2.89. The predicted octanol–water partition coefficient (Wildman–Crippen LogP) is 2.85. The molecule has 0 aliphatic carbocycles. The molecular formula is C29H37N3O5. The van der Waals surface area contributed by atoms with Crippen molar-refractivity contribution in [1.82, 2.24) is 14.4 Å². The second-order valence-electron chi connectivity index (χ2n) is 11.0. The molecule has 2 bridgehead atoms. The third-order valence-electron chi connectivity index (χ3n) is 8.57. The Morgan fingerprint density at radius 2 is 1.84 bits per heavy atom. The van der Waals surface area contributed by atoms with E-state index >= 15 is 0 Å². The van der Waals surface area contributed by atoms with E-state index in [1.807, 2.05) is 39.8 Å². The molecule has 198 valence electrons. The molecule has 0 spiro atoms. The number of pyridine rings is 1. The van der Waals surface area contributed by atoms with E-state index in [0.29, 0.717) is 31.3 Å². The molecule has 3 aliphatic heterocycles. The number of carbonyl (C=O) groups excluding carboxylic acids is 1. The van der Waals surface area contributed by atoms with E-state index in [4.69, 9.17) is 4.74 Å². The molecule has 2 fully saturated rings. The fourth-order valence-corrected chi connectivity index (χ4v) is 6.68. The number of piperidine rings is 2. The number of nitrogens with zero attached hydrogens (tertiary/aromatic N) is 3. The first-order chi connectivity index (χ1) is 17.9. The van der Waals surface area contributed by atoms with Crippen molar-refractivity contribution in [1.29, 1.82) is 0 Å². The first-order valence-corrected chi connectivity index (χ1v) is 13.4. The second kappa shape index (κ2) is 11.1. The summed E-state index contributed by atoms with van der Waals surface area (Å²) in [5, 5.41) is 9.51. The third-order valence-corrected chi connectivity index (χ3v) is 8.57. The number of carboxylic acid groups (broad SMARTS) is 1. The van der Waals surface area contributed by atoms with Gasteiger partial charge in [0.2, 0.25) is 5.91 Å². The van der Waals surface area contributed by atoms with Crippen LogP contribution in [0, 0.1) is 17.8 Å². The molecule has 2 aromatic rings. The van der Waals surface area contributed by atoms with Gasteiger partial charge in [0.05, 0.1) is 13.5 Å². The van der Waals surface area contributed by atoms with Gasteiger partial charge in [-0.15, -0.1) is 0 Å². The summed E-state index contributed by atoms with van der Waals surface area (Å²) < 4.78 is 7.16. The van der Waals surface area contributed by atoms with Crippen LogP contribution in [0.5, 0.6) is 5.75 Å². The monoisotopic (exact) mass is 507 g/mol. The van der Waals surface area contributed by atoms with Gasteiger partial charge >= 0.3 is 5.97 Å². The summed E-state index contributed by atoms with van der Waals surface area (Å²) in [4.78, 5) is 41.4. The van der Waals surface area contributed by atoms with Crippen LogP contribution in [-0.4, -0.2) is 71.2 Å². The number of ether oxygens (including phenoxy) is 1. The highest BCUT2D eigenvalue weighted by atomic mass is 16.5. The number of aliphatic carboxylic acids is 1. The van der Waals surface area contributed by atoms with E-state index in [0.717, 1.165) is 62.4 Å². The number of aromatic nitrogens is 1. The first-order valence-electron chi connectivity index (χ1n) is 13.4. The lowest BCUT2D eigenvalue weighted by molar-refractivity contribution is -0.139. The number of rotatable bonds is 8. The van der Waals surface area contributed by atoms with Crippen LogP contribution in [0.4, 0.5) is 0 Å². The fraction of sp³-hybridized carbons (Fsp3) is 0.552. The molecule has 2 saturated heterocycles. The number of hydrogen-bond acceptors (Lipinski definition) is 5. The highest BCUT2D eigenvalue weighted by Gasteiger charge is 2.36. The van der Waals surface area contributed by atoms with E-state index in [2.05, 4.69) is 11.0 Å². The van der Waals surface area contributed by atoms with Gasteiger partial charge in [-0.1, -0.05) is 18.2 Å². The van der Waals surface area contributed by atoms with Gasteiger partial charge in [0.15, 0.2) is 0 Å². The van der Waals surface area contributed by atoms with Gasteiger partial charge < -0.3 is 24.2 Å². The maximum Gasteiger partial charge on any atom is 0.303 e. The van der Waals surface area contributed by atoms with Crippen molar-refractivity contribution in [3.8, 4) is 5.75 Å². The number of amides is 1. The van der Waals surface area contributed by atoms with Gasteiger partial charge in [0, 0.05) is 56.8 Å². The summed E-state index contributed by atoms with van der Waals surface area (Å²) >= 11 is 0. The van der Waals surface area contributed by atoms with E-state index in [1.165, 1.54) is 0 Å². The molecule has 8 nitrogen and oxygen atoms in total. The zero-order chi connectivity index (χ0) is 25.9. The van der Waals surface area contributed by atoms with Gasteiger partial charge in [-0.25, -0.2) is 0 Å². The summed E-state index contributed by atoms with van der Waals surface area (Å²) in [5.74, 6) is 1.19. The highest BCUT2D eigenvalue weighted by Crippen LogP contribution is 2.36. The van der Waals surface area contributed by atoms with Crippen molar-refractivity contribution >= 4 is 11.9 Å². The van der Waals surface area contributed by atoms with Crippen molar-refractivity contribution in [3.63, 3.8) is 0 Å². The SMILES string of the molecule is COc1ccc(CC(=O)N2CC[C@@H](CC(=O)O)[C@@H](CCN3C[C@@H]4C[C@H](C3)c3cccc(=O)n3C4)C2)cc1. The smallest absolute Gasteiger partial charge is 0.303 e. The fourth-order valence-electron chi connectivity index (χ4n) is 6.68. The molecule has 0 saturated carbocycles. The van der Waals surface area contributed by atoms with Gasteiger partial charge in [0.1, 0.15) is 5.75 Å². The lowest BCUT2D eigenvalue weighted by atomic mass is 9.80. The average molecular weight is 508 g/mol. The minimum absolute atomic E-state index is 0.0890. The predicted molar refractivity (Wildman–Crippen MR) is 140 cm³/mol. The van der Waals surface area contributed by atoms with E-state index in [1.54, 1.807) is 13.2 Å². The molecule has 8 heteroatoms. The number of hydrogen-bond donors (Lipinski definition) is 1. The molecule has 4 atom stereocenters. The summed E-state index contributed by atoms with van der Waals surface area (Å²) in [6.07, 6.45) is 3.23. The number of likely N-dealkylation sites (tertiary alicyclic amines) is 2. The Balaban J connectivity index is 1.21. The number of methoxy groups -OCH3 is 1. The molecular weight excluding hydrogens is 470 g/mol. The Morgan fingerprint density at radius 1 is 1.03 bits per heavy atom. The maximum atomic E-state index is 13.1. The van der Waals surface area contributed by atoms with Gasteiger partial charge in [-0.05, 0) is 67.3 Å². The minimum Gasteiger partial charge on any atom is -0.497 e. The molecule has 3 aliphatic rings. The summed E-state index contributed by atoms with van der Waals surface area (Å²) in [7, 11) is 1.62. The number of carbonyl (C=O) groups is 2. The second-order valence-corrected chi connectivity index (χ2v) is 11.0. The van der Waals surface area contributed by atoms with Crippen molar-refractivity contribution in [3.05, 3.63) is 64.1 Å². The Bertz CT molecular complexity index is 1180. The quantitative estimate of drug-likeness (QED) is 0.591. The van der Waals surface area contributed by atoms with Crippen LogP contribution in [0.1, 0.15) is 42.9 Å². The molecule has 0 radical (unpaired) electrons. The van der Waals surface area contributed by atoms with Crippen LogP contribution in [0.15, 0.2) is 47.3 Å². The zero-order valence-corrected chi connectivity index (χ0v) is 21.6. The standard InChI is InChI=1S/C29H37N3O5/c1-37-25-7-5-20(6-8-25)14-28(34)31-12-10-22(15-29(35)36)23(19-31)9-11-30-16-21-13-24(18-30)26-3-2-4-27(33)32(26)17-21/h2-8,21-24H,9-19H2,1H3,(H,35,36)/t21-,22-,23-,24+/m0/s1. The summed E-state index contributed by atoms with van der Waals surface area (Å²) in [6.45, 7) is 4.80. The summed E-state index contributed by atoms with van der Waals surface area (Å²) in [6, 6.07) is 13.2. The lowest BCUT2D eigenvalue weighted by Gasteiger charge is -2.44. The molecule has 1 N–H and O–H groups in total. The summed E-state index contributed by atoms with van der Waals surface area (Å²) in [5.41, 5.74) is 2.19. The van der Waals surface area contributed by atoms with Crippen molar-refractivity contribution < 1.29 is 19.4 Å². The van der Waals surface area contributed by atoms with Gasteiger partial charge in [-0.3, -0.25) is 14.4 Å². The Morgan fingerprint density at radius 3 is 2.59 bits per heavy atom. The van der Waals surface area contributed by atoms with Crippen molar-refractivity contribution in [2.75, 3.05) is 39.8 Å². The van der Waals surface area contributed by atoms with E-state index < -0.39 is 5.97 Å². The van der Waals surface area contributed by atoms with Crippen LogP contribution >= 0.6 is 0 Å². The first kappa shape index (κ1) is 25.5. The molecule has 4 heterocycles. The molecule has 5 rings (SSSR count). The topological polar surface area (TPSA) is 92.1 Å². The third kappa shape index (κ3) is 5.90. The van der Waals surface area contributed by atoms with Crippen LogP contribution in [0.2, 0.25) is 0 Å². The number of benzene rings is 1. The number of carboxylic acids is 1. The Hall–Kier alpha value is -3.13. The molecule has 1 aromatic heterocycles.